The first kappa shape index (κ1) is 6.83. The van der Waals surface area contributed by atoms with Crippen LogP contribution in [0.25, 0.3) is 0 Å². The Morgan fingerprint density at radius 3 is 2.57 bits per heavy atom. The molecule has 0 nitrogen and oxygen atoms in total. The second kappa shape index (κ2) is 4.00. The van der Waals surface area contributed by atoms with E-state index in [1.807, 2.05) is 6.08 Å². The van der Waals surface area contributed by atoms with Crippen LogP contribution in [0.3, 0.4) is 0 Å². The van der Waals surface area contributed by atoms with Gasteiger partial charge in [0.25, 0.3) is 0 Å². The molecule has 0 aliphatic rings. The Labute approximate surface area is 50.3 Å². The largest absolute Gasteiger partial charge is 0.148 e. The zero-order valence-corrected chi connectivity index (χ0v) is 5.41. The zero-order chi connectivity index (χ0) is 5.70. The normalized spacial score (nSPS) is 11.4. The van der Waals surface area contributed by atoms with Crippen molar-refractivity contribution in [3.05, 3.63) is 23.6 Å². The number of hydrogen-bond donors (Lipinski definition) is 1. The lowest BCUT2D eigenvalue weighted by Crippen LogP contribution is -1.60. The van der Waals surface area contributed by atoms with E-state index in [4.69, 9.17) is 0 Å². The van der Waals surface area contributed by atoms with Crippen molar-refractivity contribution in [1.82, 2.24) is 0 Å². The van der Waals surface area contributed by atoms with Crippen LogP contribution in [0.15, 0.2) is 23.6 Å². The minimum atomic E-state index is 0.995. The van der Waals surface area contributed by atoms with Crippen LogP contribution >= 0.6 is 12.6 Å². The Bertz CT molecular complexity index is 82.2. The summed E-state index contributed by atoms with van der Waals surface area (Å²) >= 11 is 4.10. The molecule has 40 valence electrons. The molecule has 0 aromatic rings. The van der Waals surface area contributed by atoms with Gasteiger partial charge in [-0.05, 0) is 11.3 Å². The summed E-state index contributed by atoms with van der Waals surface area (Å²) in [5.41, 5.74) is 0. The Morgan fingerprint density at radius 2 is 2.43 bits per heavy atom. The molecule has 0 atom stereocenters. The van der Waals surface area contributed by atoms with Crippen LogP contribution in [0.2, 0.25) is 0 Å². The molecular formula is C6H10S. The smallest absolute Gasteiger partial charge is 0.0187 e. The molecule has 7 heavy (non-hydrogen) atoms. The van der Waals surface area contributed by atoms with Gasteiger partial charge in [-0.15, -0.1) is 12.6 Å². The first-order chi connectivity index (χ1) is 3.31. The summed E-state index contributed by atoms with van der Waals surface area (Å²) in [5, 5.41) is 0. The molecule has 0 fully saturated rings. The highest BCUT2D eigenvalue weighted by Crippen LogP contribution is 2.03. The maximum Gasteiger partial charge on any atom is -0.0187 e. The minimum absolute atomic E-state index is 0.995. The maximum atomic E-state index is 4.10. The van der Waals surface area contributed by atoms with E-state index in [1.54, 1.807) is 6.08 Å². The summed E-state index contributed by atoms with van der Waals surface area (Å²) in [6.45, 7) is 5.58. The van der Waals surface area contributed by atoms with E-state index in [0.717, 1.165) is 11.3 Å². The Hall–Kier alpha value is -0.170. The van der Waals surface area contributed by atoms with Gasteiger partial charge in [-0.25, -0.2) is 0 Å². The Kier molecular flexibility index (Phi) is 3.90. The summed E-state index contributed by atoms with van der Waals surface area (Å²) < 4.78 is 0. The molecule has 0 heterocycles. The van der Waals surface area contributed by atoms with Crippen molar-refractivity contribution in [1.29, 1.82) is 0 Å². The highest BCUT2D eigenvalue weighted by Gasteiger charge is 1.76. The van der Waals surface area contributed by atoms with E-state index in [2.05, 4.69) is 26.1 Å². The molecule has 0 unspecified atom stereocenters. The summed E-state index contributed by atoms with van der Waals surface area (Å²) in [6, 6.07) is 0. The summed E-state index contributed by atoms with van der Waals surface area (Å²) in [5.74, 6) is 0. The molecule has 0 aromatic heterocycles. The molecule has 1 heteroatoms. The van der Waals surface area contributed by atoms with Crippen molar-refractivity contribution < 1.29 is 0 Å². The first-order valence-electron chi connectivity index (χ1n) is 2.31. The van der Waals surface area contributed by atoms with E-state index in [0.29, 0.717) is 0 Å². The lowest BCUT2D eigenvalue weighted by molar-refractivity contribution is 1.20. The summed E-state index contributed by atoms with van der Waals surface area (Å²) in [4.78, 5) is 1.08. The van der Waals surface area contributed by atoms with Crippen LogP contribution in [0.5, 0.6) is 0 Å². The Morgan fingerprint density at radius 1 is 1.86 bits per heavy atom. The lowest BCUT2D eigenvalue weighted by Gasteiger charge is -1.85. The number of thiol groups is 1. The topological polar surface area (TPSA) is 0 Å². The van der Waals surface area contributed by atoms with Crippen molar-refractivity contribution in [3.63, 3.8) is 0 Å². The number of rotatable bonds is 2. The first-order valence-corrected chi connectivity index (χ1v) is 2.76. The fourth-order valence-electron chi connectivity index (χ4n) is 0.254. The van der Waals surface area contributed by atoms with Gasteiger partial charge in [0.2, 0.25) is 0 Å². The van der Waals surface area contributed by atoms with Crippen LogP contribution in [-0.2, 0) is 0 Å². The van der Waals surface area contributed by atoms with Crippen LogP contribution in [0, 0.1) is 0 Å². The fraction of sp³-hybridized carbons (Fsp3) is 0.333. The molecule has 0 N–H and O–H groups in total. The molecule has 0 rings (SSSR count). The predicted molar refractivity (Wildman–Crippen MR) is 37.6 cm³/mol. The lowest BCUT2D eigenvalue weighted by atomic mass is 10.4. The van der Waals surface area contributed by atoms with Crippen molar-refractivity contribution in [2.75, 3.05) is 0 Å². The molecule has 0 amide bonds. The van der Waals surface area contributed by atoms with E-state index in [9.17, 15) is 0 Å². The number of allylic oxidation sites excluding steroid dienone is 3. The van der Waals surface area contributed by atoms with Gasteiger partial charge < -0.3 is 0 Å². The molecule has 0 saturated carbocycles. The van der Waals surface area contributed by atoms with Gasteiger partial charge in [0.15, 0.2) is 0 Å². The third-order valence-electron chi connectivity index (χ3n) is 0.672. The van der Waals surface area contributed by atoms with Crippen molar-refractivity contribution in [2.45, 2.75) is 13.3 Å². The van der Waals surface area contributed by atoms with Crippen LogP contribution in [0.4, 0.5) is 0 Å². The van der Waals surface area contributed by atoms with Gasteiger partial charge in [0, 0.05) is 0 Å². The van der Waals surface area contributed by atoms with Gasteiger partial charge in [0.05, 0.1) is 0 Å². The molecule has 0 saturated heterocycles. The van der Waals surface area contributed by atoms with Crippen LogP contribution in [0.1, 0.15) is 13.3 Å². The third-order valence-corrected chi connectivity index (χ3v) is 1.14. The minimum Gasteiger partial charge on any atom is -0.148 e. The average molecular weight is 114 g/mol. The van der Waals surface area contributed by atoms with Crippen LogP contribution in [-0.4, -0.2) is 0 Å². The quantitative estimate of drug-likeness (QED) is 0.413. The van der Waals surface area contributed by atoms with Crippen molar-refractivity contribution >= 4 is 12.6 Å². The molecule has 0 spiro atoms. The predicted octanol–water partition coefficient (Wildman–Crippen LogP) is 2.40. The summed E-state index contributed by atoms with van der Waals surface area (Å²) in [7, 11) is 0. The standard InChI is InChI=1S/C6H10S/c1-3-5-6(7)4-2/h3,5,7H,1,4H2,2H3/b6-5-. The second-order valence-electron chi connectivity index (χ2n) is 1.25. The van der Waals surface area contributed by atoms with E-state index >= 15 is 0 Å². The second-order valence-corrected chi connectivity index (χ2v) is 1.82. The molecule has 0 bridgehead atoms. The monoisotopic (exact) mass is 114 g/mol. The molecule has 0 aromatic carbocycles. The molecule has 0 aliphatic carbocycles. The van der Waals surface area contributed by atoms with Crippen molar-refractivity contribution in [2.24, 2.45) is 0 Å². The maximum absolute atomic E-state index is 4.10. The average Bonchev–Trinajstić information content (AvgIpc) is 1.68. The zero-order valence-electron chi connectivity index (χ0n) is 4.52. The molecule has 0 aliphatic heterocycles. The van der Waals surface area contributed by atoms with E-state index in [1.165, 1.54) is 0 Å². The van der Waals surface area contributed by atoms with E-state index < -0.39 is 0 Å². The molecular weight excluding hydrogens is 104 g/mol. The van der Waals surface area contributed by atoms with Gasteiger partial charge >= 0.3 is 0 Å². The van der Waals surface area contributed by atoms with E-state index in [-0.39, 0.29) is 0 Å². The highest BCUT2D eigenvalue weighted by molar-refractivity contribution is 7.84. The third kappa shape index (κ3) is 3.67. The fourth-order valence-corrected chi connectivity index (χ4v) is 0.359. The number of hydrogen-bond acceptors (Lipinski definition) is 1. The van der Waals surface area contributed by atoms with Gasteiger partial charge in [0.1, 0.15) is 0 Å². The van der Waals surface area contributed by atoms with Gasteiger partial charge in [-0.1, -0.05) is 25.7 Å². The van der Waals surface area contributed by atoms with Crippen molar-refractivity contribution in [3.8, 4) is 0 Å². The Balaban J connectivity index is 3.49. The molecule has 0 radical (unpaired) electrons. The highest BCUT2D eigenvalue weighted by atomic mass is 32.1. The van der Waals surface area contributed by atoms with Crippen LogP contribution < -0.4 is 0 Å². The van der Waals surface area contributed by atoms with Gasteiger partial charge in [-0.2, -0.15) is 0 Å². The van der Waals surface area contributed by atoms with Gasteiger partial charge in [-0.3, -0.25) is 0 Å². The summed E-state index contributed by atoms with van der Waals surface area (Å²) in [6.07, 6.45) is 4.63. The SMILES string of the molecule is C=C/C=C(\S)CC.